The molecule has 1 aromatic rings. The average molecular weight is 217 g/mol. The summed E-state index contributed by atoms with van der Waals surface area (Å²) in [4.78, 5) is 11.6. The van der Waals surface area contributed by atoms with Gasteiger partial charge in [0.2, 0.25) is 5.91 Å². The van der Waals surface area contributed by atoms with Gasteiger partial charge < -0.3 is 5.32 Å². The van der Waals surface area contributed by atoms with Crippen LogP contribution >= 0.6 is 0 Å². The van der Waals surface area contributed by atoms with Crippen LogP contribution in [0.5, 0.6) is 0 Å². The summed E-state index contributed by atoms with van der Waals surface area (Å²) in [5.74, 6) is 0.192. The molecule has 2 nitrogen and oxygen atoms in total. The summed E-state index contributed by atoms with van der Waals surface area (Å²) in [6.45, 7) is 4.36. The first-order chi connectivity index (χ1) is 7.72. The predicted molar refractivity (Wildman–Crippen MR) is 65.0 cm³/mol. The lowest BCUT2D eigenvalue weighted by Crippen LogP contribution is -2.28. The molecule has 1 N–H and O–H groups in total. The second-order valence-electron chi connectivity index (χ2n) is 4.66. The Bertz CT molecular complexity index is 368. The molecule has 86 valence electrons. The smallest absolute Gasteiger partial charge is 0.221 e. The van der Waals surface area contributed by atoms with Crippen LogP contribution in [0.2, 0.25) is 0 Å². The van der Waals surface area contributed by atoms with E-state index in [1.165, 1.54) is 5.56 Å². The van der Waals surface area contributed by atoms with Crippen molar-refractivity contribution >= 4 is 5.91 Å². The molecule has 2 rings (SSSR count). The maximum atomic E-state index is 11.6. The Morgan fingerprint density at radius 1 is 1.25 bits per heavy atom. The highest BCUT2D eigenvalue weighted by Gasteiger charge is 2.44. The molecule has 1 amide bonds. The van der Waals surface area contributed by atoms with Gasteiger partial charge in [-0.25, -0.2) is 0 Å². The fraction of sp³-hybridized carbons (Fsp3) is 0.500. The predicted octanol–water partition coefficient (Wildman–Crippen LogP) is 3.05. The molecule has 0 spiro atoms. The SMILES string of the molecule is CCC1(CC)CC(=O)NC1c1ccccc1. The molecule has 0 aliphatic carbocycles. The van der Waals surface area contributed by atoms with E-state index < -0.39 is 0 Å². The summed E-state index contributed by atoms with van der Waals surface area (Å²) in [5, 5.41) is 3.12. The summed E-state index contributed by atoms with van der Waals surface area (Å²) >= 11 is 0. The zero-order valence-corrected chi connectivity index (χ0v) is 9.99. The van der Waals surface area contributed by atoms with Gasteiger partial charge in [0.25, 0.3) is 0 Å². The molecule has 1 fully saturated rings. The van der Waals surface area contributed by atoms with Crippen LogP contribution < -0.4 is 5.32 Å². The van der Waals surface area contributed by atoms with Gasteiger partial charge in [-0.05, 0) is 18.4 Å². The number of hydrogen-bond acceptors (Lipinski definition) is 1. The molecule has 16 heavy (non-hydrogen) atoms. The van der Waals surface area contributed by atoms with Crippen molar-refractivity contribution < 1.29 is 4.79 Å². The Hall–Kier alpha value is -1.31. The van der Waals surface area contributed by atoms with Crippen LogP contribution in [0, 0.1) is 5.41 Å². The van der Waals surface area contributed by atoms with Gasteiger partial charge in [-0.15, -0.1) is 0 Å². The Kier molecular flexibility index (Phi) is 2.99. The summed E-state index contributed by atoms with van der Waals surface area (Å²) in [6.07, 6.45) is 2.75. The zero-order chi connectivity index (χ0) is 11.6. The highest BCUT2D eigenvalue weighted by atomic mass is 16.2. The topological polar surface area (TPSA) is 29.1 Å². The lowest BCUT2D eigenvalue weighted by molar-refractivity contribution is -0.119. The van der Waals surface area contributed by atoms with E-state index in [0.29, 0.717) is 6.42 Å². The molecule has 1 aromatic carbocycles. The van der Waals surface area contributed by atoms with Crippen LogP contribution in [-0.4, -0.2) is 5.91 Å². The maximum absolute atomic E-state index is 11.6. The van der Waals surface area contributed by atoms with Gasteiger partial charge in [-0.1, -0.05) is 44.2 Å². The molecule has 1 aliphatic heterocycles. The average Bonchev–Trinajstić information content (AvgIpc) is 2.68. The van der Waals surface area contributed by atoms with Crippen LogP contribution in [0.25, 0.3) is 0 Å². The molecular formula is C14H19NO. The van der Waals surface area contributed by atoms with Gasteiger partial charge in [0.05, 0.1) is 6.04 Å². The second kappa shape index (κ2) is 4.28. The molecule has 1 heterocycles. The fourth-order valence-corrected chi connectivity index (χ4v) is 2.78. The highest BCUT2D eigenvalue weighted by molar-refractivity contribution is 5.80. The molecule has 1 aliphatic rings. The summed E-state index contributed by atoms with van der Waals surface area (Å²) in [7, 11) is 0. The molecule has 2 heteroatoms. The number of nitrogens with one attached hydrogen (secondary N) is 1. The molecule has 0 saturated carbocycles. The summed E-state index contributed by atoms with van der Waals surface area (Å²) in [6, 6.07) is 10.5. The normalized spacial score (nSPS) is 23.1. The Morgan fingerprint density at radius 2 is 1.88 bits per heavy atom. The number of rotatable bonds is 3. The Labute approximate surface area is 97.1 Å². The van der Waals surface area contributed by atoms with Gasteiger partial charge in [-0.3, -0.25) is 4.79 Å². The van der Waals surface area contributed by atoms with E-state index in [1.54, 1.807) is 0 Å². The van der Waals surface area contributed by atoms with Crippen molar-refractivity contribution in [3.05, 3.63) is 35.9 Å². The van der Waals surface area contributed by atoms with Crippen molar-refractivity contribution in [1.29, 1.82) is 0 Å². The first-order valence-corrected chi connectivity index (χ1v) is 6.06. The largest absolute Gasteiger partial charge is 0.349 e. The summed E-state index contributed by atoms with van der Waals surface area (Å²) < 4.78 is 0. The fourth-order valence-electron chi connectivity index (χ4n) is 2.78. The molecule has 1 saturated heterocycles. The minimum absolute atomic E-state index is 0.110. The van der Waals surface area contributed by atoms with Crippen molar-refractivity contribution in [2.45, 2.75) is 39.2 Å². The molecule has 1 atom stereocenters. The van der Waals surface area contributed by atoms with E-state index in [2.05, 4.69) is 31.3 Å². The maximum Gasteiger partial charge on any atom is 0.221 e. The van der Waals surface area contributed by atoms with Crippen LogP contribution in [0.15, 0.2) is 30.3 Å². The van der Waals surface area contributed by atoms with Crippen molar-refractivity contribution in [2.24, 2.45) is 5.41 Å². The third kappa shape index (κ3) is 1.73. The third-order valence-electron chi connectivity index (χ3n) is 3.97. The Balaban J connectivity index is 2.36. The second-order valence-corrected chi connectivity index (χ2v) is 4.66. The van der Waals surface area contributed by atoms with Crippen LogP contribution in [0.3, 0.4) is 0 Å². The van der Waals surface area contributed by atoms with Crippen molar-refractivity contribution in [3.8, 4) is 0 Å². The Morgan fingerprint density at radius 3 is 2.44 bits per heavy atom. The van der Waals surface area contributed by atoms with Gasteiger partial charge in [0.15, 0.2) is 0 Å². The zero-order valence-electron chi connectivity index (χ0n) is 9.99. The number of amides is 1. The van der Waals surface area contributed by atoms with E-state index in [1.807, 2.05) is 18.2 Å². The van der Waals surface area contributed by atoms with Gasteiger partial charge >= 0.3 is 0 Å². The molecule has 0 aromatic heterocycles. The number of benzene rings is 1. The van der Waals surface area contributed by atoms with Gasteiger partial charge in [0, 0.05) is 11.8 Å². The van der Waals surface area contributed by atoms with E-state index >= 15 is 0 Å². The van der Waals surface area contributed by atoms with Crippen molar-refractivity contribution in [2.75, 3.05) is 0 Å². The lowest BCUT2D eigenvalue weighted by Gasteiger charge is -2.32. The quantitative estimate of drug-likeness (QED) is 0.828. The minimum atomic E-state index is 0.110. The molecule has 1 unspecified atom stereocenters. The van der Waals surface area contributed by atoms with Crippen molar-refractivity contribution in [3.63, 3.8) is 0 Å². The van der Waals surface area contributed by atoms with E-state index in [-0.39, 0.29) is 17.4 Å². The monoisotopic (exact) mass is 217 g/mol. The molecule has 0 radical (unpaired) electrons. The van der Waals surface area contributed by atoms with Crippen LogP contribution in [0.4, 0.5) is 0 Å². The van der Waals surface area contributed by atoms with Crippen LogP contribution in [-0.2, 0) is 4.79 Å². The standard InChI is InChI=1S/C14H19NO/c1-3-14(4-2)10-12(16)15-13(14)11-8-6-5-7-9-11/h5-9,13H,3-4,10H2,1-2H3,(H,15,16). The van der Waals surface area contributed by atoms with Crippen LogP contribution in [0.1, 0.15) is 44.7 Å². The van der Waals surface area contributed by atoms with Gasteiger partial charge in [-0.2, -0.15) is 0 Å². The van der Waals surface area contributed by atoms with Gasteiger partial charge in [0.1, 0.15) is 0 Å². The first kappa shape index (κ1) is 11.2. The lowest BCUT2D eigenvalue weighted by atomic mass is 9.73. The molecule has 0 bridgehead atoms. The number of carbonyl (C=O) groups is 1. The number of hydrogen-bond donors (Lipinski definition) is 1. The number of carbonyl (C=O) groups excluding carboxylic acids is 1. The molecular weight excluding hydrogens is 198 g/mol. The summed E-state index contributed by atoms with van der Waals surface area (Å²) in [5.41, 5.74) is 1.34. The first-order valence-electron chi connectivity index (χ1n) is 6.06. The van der Waals surface area contributed by atoms with E-state index in [4.69, 9.17) is 0 Å². The minimum Gasteiger partial charge on any atom is -0.349 e. The van der Waals surface area contributed by atoms with E-state index in [9.17, 15) is 4.79 Å². The third-order valence-corrected chi connectivity index (χ3v) is 3.97. The van der Waals surface area contributed by atoms with E-state index in [0.717, 1.165) is 12.8 Å². The highest BCUT2D eigenvalue weighted by Crippen LogP contribution is 2.46. The van der Waals surface area contributed by atoms with Crippen molar-refractivity contribution in [1.82, 2.24) is 5.32 Å².